The van der Waals surface area contributed by atoms with Gasteiger partial charge in [0.05, 0.1) is 17.6 Å². The number of benzene rings is 1. The zero-order chi connectivity index (χ0) is 22.9. The lowest BCUT2D eigenvalue weighted by molar-refractivity contribution is -0.120. The topological polar surface area (TPSA) is 92.8 Å². The Labute approximate surface area is 187 Å². The van der Waals surface area contributed by atoms with Crippen molar-refractivity contribution in [3.05, 3.63) is 45.3 Å². The average molecular weight is 465 g/mol. The van der Waals surface area contributed by atoms with Crippen LogP contribution in [0.15, 0.2) is 22.4 Å². The van der Waals surface area contributed by atoms with Crippen molar-refractivity contribution < 1.29 is 22.7 Å². The molecule has 0 unspecified atom stereocenters. The molecular formula is C22H28N2O5S2. The molecule has 7 nitrogen and oxygen atoms in total. The molecule has 0 atom stereocenters. The van der Waals surface area contributed by atoms with E-state index >= 15 is 0 Å². The van der Waals surface area contributed by atoms with Crippen LogP contribution in [0.25, 0.3) is 0 Å². The molecule has 0 spiro atoms. The number of hydrogen-bond donors (Lipinski definition) is 1. The van der Waals surface area contributed by atoms with Crippen LogP contribution in [0.5, 0.6) is 0 Å². The van der Waals surface area contributed by atoms with Crippen molar-refractivity contribution in [3.8, 4) is 0 Å². The molecule has 0 bridgehead atoms. The van der Waals surface area contributed by atoms with Crippen molar-refractivity contribution in [1.82, 2.24) is 4.31 Å². The van der Waals surface area contributed by atoms with E-state index in [1.165, 1.54) is 22.8 Å². The molecule has 0 aliphatic carbocycles. The Bertz CT molecular complexity index is 1090. The monoisotopic (exact) mass is 464 g/mol. The number of carbonyl (C=O) groups is 2. The lowest BCUT2D eigenvalue weighted by Crippen LogP contribution is -2.42. The first-order valence-corrected chi connectivity index (χ1v) is 12.4. The minimum atomic E-state index is -3.65. The second kappa shape index (κ2) is 9.10. The van der Waals surface area contributed by atoms with Crippen LogP contribution in [0.2, 0.25) is 0 Å². The van der Waals surface area contributed by atoms with E-state index < -0.39 is 16.0 Å². The minimum absolute atomic E-state index is 0.205. The van der Waals surface area contributed by atoms with Gasteiger partial charge in [-0.1, -0.05) is 6.07 Å². The fraction of sp³-hybridized carbons (Fsp3) is 0.455. The van der Waals surface area contributed by atoms with Crippen molar-refractivity contribution in [2.45, 2.75) is 45.4 Å². The summed E-state index contributed by atoms with van der Waals surface area (Å²) in [5, 5.41) is 4.97. The summed E-state index contributed by atoms with van der Waals surface area (Å²) in [6.45, 7) is 8.08. The van der Waals surface area contributed by atoms with Gasteiger partial charge in [-0.2, -0.15) is 4.31 Å². The maximum atomic E-state index is 13.4. The van der Waals surface area contributed by atoms with E-state index in [1.54, 1.807) is 11.4 Å². The van der Waals surface area contributed by atoms with Gasteiger partial charge >= 0.3 is 5.97 Å². The Hall–Kier alpha value is -2.23. The number of aryl methyl sites for hydroxylation is 2. The van der Waals surface area contributed by atoms with Crippen molar-refractivity contribution in [2.75, 3.05) is 25.5 Å². The predicted molar refractivity (Wildman–Crippen MR) is 121 cm³/mol. The van der Waals surface area contributed by atoms with E-state index in [0.29, 0.717) is 28.3 Å². The van der Waals surface area contributed by atoms with Crippen molar-refractivity contribution in [1.29, 1.82) is 0 Å². The number of methoxy groups -OCH3 is 1. The van der Waals surface area contributed by atoms with Crippen LogP contribution in [0.4, 0.5) is 5.00 Å². The quantitative estimate of drug-likeness (QED) is 0.680. The van der Waals surface area contributed by atoms with E-state index in [-0.39, 0.29) is 24.9 Å². The van der Waals surface area contributed by atoms with Crippen LogP contribution in [0.1, 0.15) is 45.5 Å². The first-order valence-electron chi connectivity index (χ1n) is 10.1. The molecule has 9 heteroatoms. The number of rotatable bonds is 5. The molecule has 1 aromatic heterocycles. The number of nitrogens with one attached hydrogen (secondary N) is 1. The second-order valence-electron chi connectivity index (χ2n) is 7.91. The summed E-state index contributed by atoms with van der Waals surface area (Å²) in [5.41, 5.74) is 3.77. The number of sulfonamides is 1. The fourth-order valence-corrected chi connectivity index (χ4v) is 6.77. The lowest BCUT2D eigenvalue weighted by atomic mass is 9.97. The van der Waals surface area contributed by atoms with Crippen molar-refractivity contribution in [2.24, 2.45) is 5.92 Å². The molecule has 1 aliphatic rings. The van der Waals surface area contributed by atoms with Gasteiger partial charge in [-0.3, -0.25) is 4.79 Å². The second-order valence-corrected chi connectivity index (χ2v) is 10.7. The normalized spacial score (nSPS) is 15.6. The van der Waals surface area contributed by atoms with Crippen LogP contribution in [0.3, 0.4) is 0 Å². The Kier molecular flexibility index (Phi) is 6.88. The van der Waals surface area contributed by atoms with Gasteiger partial charge in [-0.05, 0) is 74.2 Å². The van der Waals surface area contributed by atoms with E-state index in [1.807, 2.05) is 33.8 Å². The van der Waals surface area contributed by atoms with Gasteiger partial charge in [-0.25, -0.2) is 13.2 Å². The van der Waals surface area contributed by atoms with Gasteiger partial charge in [0.1, 0.15) is 5.00 Å². The third-order valence-electron chi connectivity index (χ3n) is 6.03. The van der Waals surface area contributed by atoms with Gasteiger partial charge in [0.2, 0.25) is 15.9 Å². The smallest absolute Gasteiger partial charge is 0.340 e. The summed E-state index contributed by atoms with van der Waals surface area (Å²) in [6.07, 6.45) is 0.847. The molecule has 1 aliphatic heterocycles. The molecule has 168 valence electrons. The van der Waals surface area contributed by atoms with Gasteiger partial charge in [0, 0.05) is 19.0 Å². The largest absolute Gasteiger partial charge is 0.465 e. The molecule has 1 fully saturated rings. The van der Waals surface area contributed by atoms with Crippen LogP contribution in [-0.2, 0) is 19.6 Å². The number of piperidine rings is 1. The zero-order valence-electron chi connectivity index (χ0n) is 18.4. The van der Waals surface area contributed by atoms with Gasteiger partial charge in [0.25, 0.3) is 0 Å². The minimum Gasteiger partial charge on any atom is -0.465 e. The SMILES string of the molecule is COC(=O)c1ccsc1NC(=O)C1CCN(S(=O)(=O)c2c(C)c(C)cc(C)c2C)CC1. The molecule has 1 aromatic carbocycles. The molecule has 2 heterocycles. The molecule has 1 N–H and O–H groups in total. The summed E-state index contributed by atoms with van der Waals surface area (Å²) in [5.74, 6) is -1.03. The number of nitrogens with zero attached hydrogens (tertiary/aromatic N) is 1. The van der Waals surface area contributed by atoms with E-state index in [0.717, 1.165) is 22.3 Å². The van der Waals surface area contributed by atoms with Gasteiger partial charge < -0.3 is 10.1 Å². The summed E-state index contributed by atoms with van der Waals surface area (Å²) in [4.78, 5) is 24.9. The molecule has 3 rings (SSSR count). The number of amides is 1. The Morgan fingerprint density at radius 1 is 1.10 bits per heavy atom. The van der Waals surface area contributed by atoms with Gasteiger partial charge in [0.15, 0.2) is 0 Å². The first-order chi connectivity index (χ1) is 14.6. The summed E-state index contributed by atoms with van der Waals surface area (Å²) in [7, 11) is -2.35. The highest BCUT2D eigenvalue weighted by atomic mass is 32.2. The maximum Gasteiger partial charge on any atom is 0.340 e. The van der Waals surface area contributed by atoms with Crippen LogP contribution >= 0.6 is 11.3 Å². The fourth-order valence-electron chi connectivity index (χ4n) is 3.95. The number of hydrogen-bond acceptors (Lipinski definition) is 6. The van der Waals surface area contributed by atoms with Crippen molar-refractivity contribution >= 4 is 38.2 Å². The predicted octanol–water partition coefficient (Wildman–Crippen LogP) is 3.81. The van der Waals surface area contributed by atoms with E-state index in [4.69, 9.17) is 4.74 Å². The third-order valence-corrected chi connectivity index (χ3v) is 9.03. The van der Waals surface area contributed by atoms with Crippen LogP contribution in [-0.4, -0.2) is 44.8 Å². The number of anilines is 1. The first kappa shape index (κ1) is 23.4. The standard InChI is InChI=1S/C22H28N2O5S2/c1-13-12-14(2)16(4)19(15(13)3)31(27,28)24-9-6-17(7-10-24)20(25)23-21-18(8-11-30-21)22(26)29-5/h8,11-12,17H,6-7,9-10H2,1-5H3,(H,23,25). The molecule has 0 radical (unpaired) electrons. The average Bonchev–Trinajstić information content (AvgIpc) is 3.20. The Morgan fingerprint density at radius 2 is 1.68 bits per heavy atom. The molecule has 1 saturated heterocycles. The molecule has 2 aromatic rings. The lowest BCUT2D eigenvalue weighted by Gasteiger charge is -2.31. The van der Waals surface area contributed by atoms with E-state index in [9.17, 15) is 18.0 Å². The summed E-state index contributed by atoms with van der Waals surface area (Å²) >= 11 is 1.25. The number of carbonyl (C=O) groups excluding carboxylic acids is 2. The highest BCUT2D eigenvalue weighted by Crippen LogP contribution is 2.32. The summed E-state index contributed by atoms with van der Waals surface area (Å²) < 4.78 is 33.0. The molecule has 31 heavy (non-hydrogen) atoms. The van der Waals surface area contributed by atoms with Crippen molar-refractivity contribution in [3.63, 3.8) is 0 Å². The Morgan fingerprint density at radius 3 is 2.23 bits per heavy atom. The molecular weight excluding hydrogens is 436 g/mol. The van der Waals surface area contributed by atoms with Crippen LogP contribution in [0, 0.1) is 33.6 Å². The molecule has 1 amide bonds. The van der Waals surface area contributed by atoms with E-state index in [2.05, 4.69) is 5.32 Å². The number of esters is 1. The third kappa shape index (κ3) is 4.53. The maximum absolute atomic E-state index is 13.4. The highest BCUT2D eigenvalue weighted by Gasteiger charge is 2.34. The number of thiophene rings is 1. The molecule has 0 saturated carbocycles. The summed E-state index contributed by atoms with van der Waals surface area (Å²) in [6, 6.07) is 3.61. The number of ether oxygens (including phenoxy) is 1. The Balaban J connectivity index is 1.72. The van der Waals surface area contributed by atoms with Gasteiger partial charge in [-0.15, -0.1) is 11.3 Å². The van der Waals surface area contributed by atoms with Crippen LogP contribution < -0.4 is 5.32 Å². The highest BCUT2D eigenvalue weighted by molar-refractivity contribution is 7.89. The zero-order valence-corrected chi connectivity index (χ0v) is 20.1.